The first-order chi connectivity index (χ1) is 13.8. The van der Waals surface area contributed by atoms with Crippen LogP contribution in [0.1, 0.15) is 13.2 Å². The zero-order chi connectivity index (χ0) is 24.0. The van der Waals surface area contributed by atoms with Crippen molar-refractivity contribution in [1.82, 2.24) is 9.55 Å². The maximum Gasteiger partial charge on any atom is 0.490 e. The van der Waals surface area contributed by atoms with E-state index in [4.69, 9.17) is 37.4 Å². The summed E-state index contributed by atoms with van der Waals surface area (Å²) in [7, 11) is -16.9. The number of nitrogen functional groups attached to an aromatic ring is 1. The predicted molar refractivity (Wildman–Crippen MR) is 96.7 cm³/mol. The standard InChI is InChI=1S/C10H16F2N3O12P3S/c1-10(12)6(16)5(25-8(10)15-2-4(11)7(13)14-9(15)31)3-24-29(20,21)27-30(22,23)26-28(17,18)19/h2,5-6,8,16H,3H2,1H3,(H,20,21)(H,22,23)(H2,13,14,31)(H2,17,18,19)/t5-,6+,8-,10?/m1/s1. The molecule has 21 heteroatoms. The number of hydrogen-bond donors (Lipinski definition) is 6. The lowest BCUT2D eigenvalue weighted by Gasteiger charge is -2.25. The molecule has 0 aromatic carbocycles. The molecule has 6 atom stereocenters. The first-order valence-electron chi connectivity index (χ1n) is 7.69. The van der Waals surface area contributed by atoms with Crippen molar-refractivity contribution in [3.63, 3.8) is 0 Å². The normalized spacial score (nSPS) is 30.6. The average molecular weight is 533 g/mol. The molecule has 1 aromatic heterocycles. The molecule has 0 spiro atoms. The highest BCUT2D eigenvalue weighted by Gasteiger charge is 2.56. The molecule has 7 N–H and O–H groups in total. The monoisotopic (exact) mass is 533 g/mol. The summed E-state index contributed by atoms with van der Waals surface area (Å²) in [6.07, 6.45) is -4.93. The largest absolute Gasteiger partial charge is 0.490 e. The second-order valence-electron chi connectivity index (χ2n) is 6.17. The number of aliphatic hydroxyl groups is 1. The van der Waals surface area contributed by atoms with E-state index in [1.165, 1.54) is 0 Å². The first kappa shape index (κ1) is 26.5. The molecular weight excluding hydrogens is 517 g/mol. The maximum absolute atomic E-state index is 15.1. The molecule has 15 nitrogen and oxygen atoms in total. The minimum atomic E-state index is -5.77. The fourth-order valence-electron chi connectivity index (χ4n) is 2.45. The molecule has 0 saturated carbocycles. The van der Waals surface area contributed by atoms with Crippen molar-refractivity contribution in [2.24, 2.45) is 0 Å². The van der Waals surface area contributed by atoms with Crippen molar-refractivity contribution in [3.05, 3.63) is 16.8 Å². The number of nitrogens with two attached hydrogens (primary N) is 1. The van der Waals surface area contributed by atoms with Crippen LogP contribution in [0.25, 0.3) is 0 Å². The van der Waals surface area contributed by atoms with Gasteiger partial charge in [0.1, 0.15) is 12.2 Å². The van der Waals surface area contributed by atoms with Gasteiger partial charge in [-0.2, -0.15) is 13.6 Å². The van der Waals surface area contributed by atoms with Gasteiger partial charge in [0.25, 0.3) is 0 Å². The van der Waals surface area contributed by atoms with E-state index < -0.39 is 70.6 Å². The van der Waals surface area contributed by atoms with E-state index in [-0.39, 0.29) is 0 Å². The van der Waals surface area contributed by atoms with Gasteiger partial charge >= 0.3 is 23.5 Å². The quantitative estimate of drug-likeness (QED) is 0.199. The molecule has 1 aliphatic rings. The topological polar surface area (TPSA) is 233 Å². The Bertz CT molecular complexity index is 1050. The maximum atomic E-state index is 15.1. The lowest BCUT2D eigenvalue weighted by atomic mass is 9.98. The molecule has 2 heterocycles. The van der Waals surface area contributed by atoms with Crippen LogP contribution in [-0.2, 0) is 31.6 Å². The lowest BCUT2D eigenvalue weighted by Crippen LogP contribution is -2.41. The number of halogens is 2. The number of phosphoric ester groups is 1. The Morgan fingerprint density at radius 3 is 2.42 bits per heavy atom. The van der Waals surface area contributed by atoms with E-state index in [2.05, 4.69) is 18.1 Å². The number of phosphoric acid groups is 3. The minimum absolute atomic E-state index is 0.423. The third-order valence-corrected chi connectivity index (χ3v) is 7.83. The minimum Gasteiger partial charge on any atom is -0.387 e. The van der Waals surface area contributed by atoms with Crippen LogP contribution in [-0.4, -0.2) is 58.7 Å². The molecule has 1 fully saturated rings. The summed E-state index contributed by atoms with van der Waals surface area (Å²) in [5.41, 5.74) is 2.58. The van der Waals surface area contributed by atoms with Crippen molar-refractivity contribution in [2.45, 2.75) is 31.0 Å². The molecule has 1 aromatic rings. The fraction of sp³-hybridized carbons (Fsp3) is 0.600. The summed E-state index contributed by atoms with van der Waals surface area (Å²) in [5, 5.41) is 10.1. The van der Waals surface area contributed by atoms with Crippen molar-refractivity contribution in [3.8, 4) is 0 Å². The highest BCUT2D eigenvalue weighted by atomic mass is 32.1. The zero-order valence-electron chi connectivity index (χ0n) is 15.1. The second-order valence-corrected chi connectivity index (χ2v) is 11.0. The summed E-state index contributed by atoms with van der Waals surface area (Å²) >= 11 is 4.85. The van der Waals surface area contributed by atoms with Crippen LogP contribution < -0.4 is 5.73 Å². The molecule has 1 saturated heterocycles. The number of rotatable bonds is 8. The highest BCUT2D eigenvalue weighted by molar-refractivity contribution is 7.71. The Morgan fingerprint density at radius 2 is 1.87 bits per heavy atom. The van der Waals surface area contributed by atoms with Gasteiger partial charge in [-0.05, 0) is 19.1 Å². The molecule has 2 rings (SSSR count). The molecular formula is C10H16F2N3O12P3S. The SMILES string of the molecule is CC1(F)[C@@H](O)[C@@H](COP(=O)(O)OP(=O)(O)OP(=O)(O)O)O[C@H]1n1cc(F)c(N)nc1=S. The number of ether oxygens (including phenoxy) is 1. The van der Waals surface area contributed by atoms with E-state index in [1.807, 2.05) is 0 Å². The van der Waals surface area contributed by atoms with Gasteiger partial charge in [-0.25, -0.2) is 22.5 Å². The van der Waals surface area contributed by atoms with Gasteiger partial charge in [0.2, 0.25) is 4.77 Å². The Kier molecular flexibility index (Phi) is 7.63. The van der Waals surface area contributed by atoms with Crippen molar-refractivity contribution in [2.75, 3.05) is 12.3 Å². The summed E-state index contributed by atoms with van der Waals surface area (Å²) < 4.78 is 79.2. The summed E-state index contributed by atoms with van der Waals surface area (Å²) in [6.45, 7) is -0.303. The van der Waals surface area contributed by atoms with Gasteiger partial charge in [-0.1, -0.05) is 0 Å². The smallest absolute Gasteiger partial charge is 0.387 e. The van der Waals surface area contributed by atoms with E-state index in [1.54, 1.807) is 0 Å². The average Bonchev–Trinajstić information content (AvgIpc) is 2.76. The molecule has 0 bridgehead atoms. The Hall–Kier alpha value is -0.710. The molecule has 0 aliphatic carbocycles. The van der Waals surface area contributed by atoms with Crippen LogP contribution in [0.3, 0.4) is 0 Å². The van der Waals surface area contributed by atoms with Gasteiger partial charge in [-0.3, -0.25) is 9.09 Å². The van der Waals surface area contributed by atoms with Crippen LogP contribution >= 0.6 is 35.7 Å². The van der Waals surface area contributed by atoms with Crippen LogP contribution in [0, 0.1) is 10.6 Å². The fourth-order valence-corrected chi connectivity index (χ4v) is 5.72. The van der Waals surface area contributed by atoms with Crippen LogP contribution in [0.4, 0.5) is 14.6 Å². The molecule has 178 valence electrons. The van der Waals surface area contributed by atoms with E-state index in [0.717, 1.165) is 6.92 Å². The van der Waals surface area contributed by atoms with E-state index in [9.17, 15) is 28.1 Å². The van der Waals surface area contributed by atoms with E-state index in [0.29, 0.717) is 10.8 Å². The number of alkyl halides is 1. The van der Waals surface area contributed by atoms with Gasteiger partial charge in [0, 0.05) is 6.20 Å². The highest BCUT2D eigenvalue weighted by Crippen LogP contribution is 2.66. The summed E-state index contributed by atoms with van der Waals surface area (Å²) in [6, 6.07) is 0. The van der Waals surface area contributed by atoms with Crippen LogP contribution in [0.15, 0.2) is 6.20 Å². The van der Waals surface area contributed by atoms with Crippen molar-refractivity contribution >= 4 is 41.5 Å². The summed E-state index contributed by atoms with van der Waals surface area (Å²) in [4.78, 5) is 38.9. The van der Waals surface area contributed by atoms with Gasteiger partial charge in [0.15, 0.2) is 23.5 Å². The molecule has 1 aliphatic heterocycles. The number of hydrogen-bond acceptors (Lipinski definition) is 11. The Morgan fingerprint density at radius 1 is 1.29 bits per heavy atom. The second kappa shape index (κ2) is 8.91. The van der Waals surface area contributed by atoms with Crippen LogP contribution in [0.2, 0.25) is 0 Å². The third kappa shape index (κ3) is 6.65. The Balaban J connectivity index is 2.16. The van der Waals surface area contributed by atoms with Crippen LogP contribution in [0.5, 0.6) is 0 Å². The predicted octanol–water partition coefficient (Wildman–Crippen LogP) is 0.664. The molecule has 0 amide bonds. The Labute approximate surface area is 176 Å². The van der Waals surface area contributed by atoms with E-state index >= 15 is 4.39 Å². The van der Waals surface area contributed by atoms with Gasteiger partial charge < -0.3 is 35.2 Å². The molecule has 31 heavy (non-hydrogen) atoms. The van der Waals surface area contributed by atoms with Crippen molar-refractivity contribution < 1.29 is 65.0 Å². The zero-order valence-corrected chi connectivity index (χ0v) is 18.6. The number of aliphatic hydroxyl groups excluding tert-OH is 1. The van der Waals surface area contributed by atoms with Crippen molar-refractivity contribution in [1.29, 1.82) is 0 Å². The van der Waals surface area contributed by atoms with Gasteiger partial charge in [0.05, 0.1) is 6.61 Å². The number of aromatic nitrogens is 2. The number of nitrogens with zero attached hydrogens (tertiary/aromatic N) is 2. The number of anilines is 1. The summed E-state index contributed by atoms with van der Waals surface area (Å²) in [5.74, 6) is -1.66. The lowest BCUT2D eigenvalue weighted by molar-refractivity contribution is -0.0597. The molecule has 3 unspecified atom stereocenters. The first-order valence-corrected chi connectivity index (χ1v) is 12.6. The molecule has 0 radical (unpaired) electrons. The third-order valence-electron chi connectivity index (χ3n) is 3.72. The van der Waals surface area contributed by atoms with Gasteiger partial charge in [-0.15, -0.1) is 0 Å².